The molecule has 28 heavy (non-hydrogen) atoms. The van der Waals surface area contributed by atoms with Crippen LogP contribution in [0.4, 0.5) is 5.69 Å². The van der Waals surface area contributed by atoms with Gasteiger partial charge in [0.1, 0.15) is 5.69 Å². The molecule has 3 aromatic rings. The van der Waals surface area contributed by atoms with Crippen molar-refractivity contribution in [3.63, 3.8) is 0 Å². The van der Waals surface area contributed by atoms with Crippen LogP contribution >= 0.6 is 0 Å². The largest absolute Gasteiger partial charge is 0.452 e. The normalized spacial score (nSPS) is 10.7. The summed E-state index contributed by atoms with van der Waals surface area (Å²) in [5.41, 5.74) is 3.30. The summed E-state index contributed by atoms with van der Waals surface area (Å²) in [5, 5.41) is 2.68. The molecular formula is C21H21N3O4. The number of esters is 1. The van der Waals surface area contributed by atoms with Crippen LogP contribution in [0.15, 0.2) is 47.3 Å². The number of nitrogens with zero attached hydrogens (tertiary/aromatic N) is 2. The minimum Gasteiger partial charge on any atom is -0.452 e. The summed E-state index contributed by atoms with van der Waals surface area (Å²) in [6, 6.07) is 12.1. The number of rotatable bonds is 5. The van der Waals surface area contributed by atoms with Gasteiger partial charge in [-0.3, -0.25) is 9.59 Å². The fourth-order valence-electron chi connectivity index (χ4n) is 2.95. The van der Waals surface area contributed by atoms with Crippen molar-refractivity contribution in [2.75, 3.05) is 11.9 Å². The van der Waals surface area contributed by atoms with Crippen molar-refractivity contribution in [2.45, 2.75) is 27.3 Å². The van der Waals surface area contributed by atoms with E-state index in [0.717, 1.165) is 5.56 Å². The van der Waals surface area contributed by atoms with Gasteiger partial charge in [0.15, 0.2) is 6.61 Å². The zero-order valence-electron chi connectivity index (χ0n) is 16.0. The summed E-state index contributed by atoms with van der Waals surface area (Å²) in [6.45, 7) is 5.53. The van der Waals surface area contributed by atoms with Crippen molar-refractivity contribution in [1.29, 1.82) is 0 Å². The number of benzene rings is 2. The van der Waals surface area contributed by atoms with Gasteiger partial charge in [0.2, 0.25) is 0 Å². The molecule has 0 aliphatic heterocycles. The standard InChI is InChI=1S/C21H21N3O4/c1-4-24-18-9-8-15(11-17(18)22-14(3)20(24)26)21(27)28-12-19(25)23-16-7-5-6-13(2)10-16/h5-11H,4,12H2,1-3H3,(H,23,25). The molecule has 0 fully saturated rings. The second-order valence-corrected chi connectivity index (χ2v) is 6.44. The maximum Gasteiger partial charge on any atom is 0.338 e. The molecule has 2 aromatic carbocycles. The molecule has 0 radical (unpaired) electrons. The second-order valence-electron chi connectivity index (χ2n) is 6.44. The third-order valence-corrected chi connectivity index (χ3v) is 4.30. The SMILES string of the molecule is CCn1c(=O)c(C)nc2cc(C(=O)OCC(=O)Nc3cccc(C)c3)ccc21. The summed E-state index contributed by atoms with van der Waals surface area (Å²) in [5.74, 6) is -1.05. The van der Waals surface area contributed by atoms with E-state index in [-0.39, 0.29) is 11.1 Å². The number of carbonyl (C=O) groups is 2. The first-order valence-corrected chi connectivity index (χ1v) is 8.94. The summed E-state index contributed by atoms with van der Waals surface area (Å²) in [7, 11) is 0. The zero-order valence-corrected chi connectivity index (χ0v) is 16.0. The molecule has 1 aromatic heterocycles. The van der Waals surface area contributed by atoms with Crippen molar-refractivity contribution in [3.8, 4) is 0 Å². The average molecular weight is 379 g/mol. The number of anilines is 1. The first kappa shape index (κ1) is 19.3. The van der Waals surface area contributed by atoms with Gasteiger partial charge in [0.05, 0.1) is 16.6 Å². The van der Waals surface area contributed by atoms with Gasteiger partial charge in [-0.2, -0.15) is 0 Å². The van der Waals surface area contributed by atoms with Gasteiger partial charge in [-0.05, 0) is 56.7 Å². The topological polar surface area (TPSA) is 90.3 Å². The molecule has 1 N–H and O–H groups in total. The van der Waals surface area contributed by atoms with Crippen LogP contribution in [0.2, 0.25) is 0 Å². The quantitative estimate of drug-likeness (QED) is 0.689. The van der Waals surface area contributed by atoms with Crippen molar-refractivity contribution in [2.24, 2.45) is 0 Å². The Hall–Kier alpha value is -3.48. The molecule has 0 aliphatic carbocycles. The van der Waals surface area contributed by atoms with Gasteiger partial charge in [-0.15, -0.1) is 0 Å². The van der Waals surface area contributed by atoms with Crippen LogP contribution in [0, 0.1) is 13.8 Å². The van der Waals surface area contributed by atoms with E-state index >= 15 is 0 Å². The highest BCUT2D eigenvalue weighted by Gasteiger charge is 2.14. The first-order valence-electron chi connectivity index (χ1n) is 8.94. The summed E-state index contributed by atoms with van der Waals surface area (Å²) < 4.78 is 6.70. The first-order chi connectivity index (χ1) is 13.4. The number of fused-ring (bicyclic) bond motifs is 1. The van der Waals surface area contributed by atoms with Crippen LogP contribution in [0.25, 0.3) is 11.0 Å². The number of amides is 1. The Morgan fingerprint density at radius 3 is 2.64 bits per heavy atom. The molecule has 3 rings (SSSR count). The predicted octanol–water partition coefficient (Wildman–Crippen LogP) is 2.83. The fraction of sp³-hybridized carbons (Fsp3) is 0.238. The van der Waals surface area contributed by atoms with E-state index < -0.39 is 18.5 Å². The highest BCUT2D eigenvalue weighted by Crippen LogP contribution is 2.15. The second kappa shape index (κ2) is 8.04. The molecule has 0 spiro atoms. The molecule has 0 bridgehead atoms. The lowest BCUT2D eigenvalue weighted by Gasteiger charge is -2.10. The Morgan fingerprint density at radius 1 is 1.14 bits per heavy atom. The Bertz CT molecular complexity index is 1120. The minimum absolute atomic E-state index is 0.154. The Kier molecular flexibility index (Phi) is 5.54. The molecule has 0 atom stereocenters. The Balaban J connectivity index is 1.72. The number of aryl methyl sites for hydroxylation is 3. The van der Waals surface area contributed by atoms with Gasteiger partial charge < -0.3 is 14.6 Å². The summed E-state index contributed by atoms with van der Waals surface area (Å²) in [4.78, 5) is 40.7. The van der Waals surface area contributed by atoms with E-state index in [4.69, 9.17) is 4.74 Å². The van der Waals surface area contributed by atoms with E-state index in [9.17, 15) is 14.4 Å². The molecule has 0 saturated heterocycles. The lowest BCUT2D eigenvalue weighted by atomic mass is 10.2. The average Bonchev–Trinajstić information content (AvgIpc) is 2.67. The molecule has 7 heteroatoms. The number of hydrogen-bond acceptors (Lipinski definition) is 5. The van der Waals surface area contributed by atoms with Crippen molar-refractivity contribution >= 4 is 28.6 Å². The van der Waals surface area contributed by atoms with E-state index in [1.165, 1.54) is 0 Å². The van der Waals surface area contributed by atoms with Gasteiger partial charge >= 0.3 is 5.97 Å². The predicted molar refractivity (Wildman–Crippen MR) is 107 cm³/mol. The highest BCUT2D eigenvalue weighted by atomic mass is 16.5. The molecule has 0 saturated carbocycles. The van der Waals surface area contributed by atoms with Crippen molar-refractivity contribution in [1.82, 2.24) is 9.55 Å². The van der Waals surface area contributed by atoms with Crippen LogP contribution in [-0.4, -0.2) is 28.0 Å². The molecular weight excluding hydrogens is 358 g/mol. The fourth-order valence-corrected chi connectivity index (χ4v) is 2.95. The van der Waals surface area contributed by atoms with E-state index in [0.29, 0.717) is 29.0 Å². The van der Waals surface area contributed by atoms with Crippen LogP contribution < -0.4 is 10.9 Å². The van der Waals surface area contributed by atoms with E-state index in [1.807, 2.05) is 32.0 Å². The number of ether oxygens (including phenoxy) is 1. The van der Waals surface area contributed by atoms with Crippen LogP contribution in [-0.2, 0) is 16.1 Å². The Morgan fingerprint density at radius 2 is 1.93 bits per heavy atom. The van der Waals surface area contributed by atoms with Gasteiger partial charge in [-0.1, -0.05) is 12.1 Å². The molecule has 1 heterocycles. The molecule has 0 unspecified atom stereocenters. The smallest absolute Gasteiger partial charge is 0.338 e. The maximum atomic E-state index is 12.3. The maximum absolute atomic E-state index is 12.3. The third kappa shape index (κ3) is 4.09. The van der Waals surface area contributed by atoms with Crippen molar-refractivity contribution in [3.05, 3.63) is 69.6 Å². The van der Waals surface area contributed by atoms with Gasteiger partial charge in [-0.25, -0.2) is 9.78 Å². The summed E-state index contributed by atoms with van der Waals surface area (Å²) >= 11 is 0. The van der Waals surface area contributed by atoms with Gasteiger partial charge in [0.25, 0.3) is 11.5 Å². The molecule has 144 valence electrons. The lowest BCUT2D eigenvalue weighted by Crippen LogP contribution is -2.23. The monoisotopic (exact) mass is 379 g/mol. The third-order valence-electron chi connectivity index (χ3n) is 4.30. The molecule has 0 aliphatic rings. The van der Waals surface area contributed by atoms with Crippen LogP contribution in [0.1, 0.15) is 28.5 Å². The number of hydrogen-bond donors (Lipinski definition) is 1. The number of nitrogens with one attached hydrogen (secondary N) is 1. The van der Waals surface area contributed by atoms with Gasteiger partial charge in [0, 0.05) is 12.2 Å². The number of carbonyl (C=O) groups excluding carboxylic acids is 2. The van der Waals surface area contributed by atoms with E-state index in [2.05, 4.69) is 10.3 Å². The van der Waals surface area contributed by atoms with Crippen molar-refractivity contribution < 1.29 is 14.3 Å². The van der Waals surface area contributed by atoms with Crippen LogP contribution in [0.3, 0.4) is 0 Å². The molecule has 1 amide bonds. The number of aromatic nitrogens is 2. The zero-order chi connectivity index (χ0) is 20.3. The Labute approximate surface area is 162 Å². The molecule has 7 nitrogen and oxygen atoms in total. The van der Waals surface area contributed by atoms with E-state index in [1.54, 1.807) is 35.8 Å². The minimum atomic E-state index is -0.630. The summed E-state index contributed by atoms with van der Waals surface area (Å²) in [6.07, 6.45) is 0. The highest BCUT2D eigenvalue weighted by molar-refractivity contribution is 5.97. The van der Waals surface area contributed by atoms with Crippen LogP contribution in [0.5, 0.6) is 0 Å². The lowest BCUT2D eigenvalue weighted by molar-refractivity contribution is -0.119.